The van der Waals surface area contributed by atoms with Crippen LogP contribution < -0.4 is 4.74 Å². The van der Waals surface area contributed by atoms with Crippen LogP contribution in [-0.2, 0) is 4.79 Å². The molecule has 0 radical (unpaired) electrons. The third-order valence-corrected chi connectivity index (χ3v) is 1.72. The van der Waals surface area contributed by atoms with Gasteiger partial charge in [0.1, 0.15) is 11.5 Å². The highest BCUT2D eigenvalue weighted by atomic mass is 16.5. The molecule has 0 aromatic heterocycles. The molecule has 2 rings (SSSR count). The van der Waals surface area contributed by atoms with Crippen LogP contribution in [0.2, 0.25) is 0 Å². The summed E-state index contributed by atoms with van der Waals surface area (Å²) in [6, 6.07) is 19.5. The Morgan fingerprint density at radius 1 is 0.812 bits per heavy atom. The average Bonchev–Trinajstić information content (AvgIpc) is 2.33. The molecule has 0 atom stereocenters. The molecule has 0 heterocycles. The summed E-state index contributed by atoms with van der Waals surface area (Å²) in [5.41, 5.74) is 0. The quantitative estimate of drug-likeness (QED) is 0.614. The zero-order chi connectivity index (χ0) is 11.6. The number of carbonyl (C=O) groups excluding carboxylic acids is 1. The Hall–Kier alpha value is -2.38. The second kappa shape index (κ2) is 6.98. The van der Waals surface area contributed by atoms with Gasteiger partial charge in [-0.2, -0.15) is 0 Å². The summed E-state index contributed by atoms with van der Waals surface area (Å²) in [5, 5.41) is 5.40. The molecule has 3 heteroatoms. The molecule has 1 N–H and O–H groups in total. The van der Waals surface area contributed by atoms with Crippen molar-refractivity contribution in [1.82, 2.24) is 0 Å². The number of benzene rings is 2. The zero-order valence-electron chi connectivity index (χ0n) is 8.59. The summed E-state index contributed by atoms with van der Waals surface area (Å²) >= 11 is 0. The minimum atomic E-state index is 0.750. The molecular weight excluding hydrogens is 202 g/mol. The highest BCUT2D eigenvalue weighted by molar-refractivity contribution is 5.30. The van der Waals surface area contributed by atoms with E-state index in [0.29, 0.717) is 0 Å². The third kappa shape index (κ3) is 4.22. The van der Waals surface area contributed by atoms with Crippen LogP contribution in [-0.4, -0.2) is 6.08 Å². The standard InChI is InChI=1S/C12H10O.CHNO/c1-3-7-11(8-4-1)13-12-9-5-2-6-10-12;2-1-3/h1-10H;2H. The molecule has 2 aromatic carbocycles. The molecule has 0 saturated carbocycles. The first kappa shape index (κ1) is 11.7. The van der Waals surface area contributed by atoms with Crippen molar-refractivity contribution in [3.05, 3.63) is 60.7 Å². The molecule has 0 aliphatic heterocycles. The fraction of sp³-hybridized carbons (Fsp3) is 0. The Morgan fingerprint density at radius 3 is 1.44 bits per heavy atom. The van der Waals surface area contributed by atoms with Crippen LogP contribution in [0.5, 0.6) is 11.5 Å². The number of hydrogen-bond acceptors (Lipinski definition) is 3. The summed E-state index contributed by atoms with van der Waals surface area (Å²) in [6.45, 7) is 0. The lowest BCUT2D eigenvalue weighted by Gasteiger charge is -2.03. The monoisotopic (exact) mass is 213 g/mol. The number of ether oxygens (including phenoxy) is 1. The lowest BCUT2D eigenvalue weighted by atomic mass is 10.3. The van der Waals surface area contributed by atoms with Crippen LogP contribution in [0.15, 0.2) is 60.7 Å². The first-order chi connectivity index (χ1) is 7.86. The predicted octanol–water partition coefficient (Wildman–Crippen LogP) is 3.38. The van der Waals surface area contributed by atoms with E-state index in [4.69, 9.17) is 14.9 Å². The molecule has 0 bridgehead atoms. The molecule has 0 spiro atoms. The molecule has 80 valence electrons. The topological polar surface area (TPSA) is 50.2 Å². The van der Waals surface area contributed by atoms with Gasteiger partial charge in [0.15, 0.2) is 0 Å². The van der Waals surface area contributed by atoms with Gasteiger partial charge in [0, 0.05) is 0 Å². The molecule has 0 fully saturated rings. The Morgan fingerprint density at radius 2 is 1.12 bits per heavy atom. The van der Waals surface area contributed by atoms with E-state index in [1.807, 2.05) is 60.7 Å². The molecule has 0 unspecified atom stereocenters. The van der Waals surface area contributed by atoms with Gasteiger partial charge in [-0.25, -0.2) is 10.2 Å². The molecule has 3 nitrogen and oxygen atoms in total. The van der Waals surface area contributed by atoms with Crippen molar-refractivity contribution in [1.29, 1.82) is 5.41 Å². The van der Waals surface area contributed by atoms with Gasteiger partial charge < -0.3 is 4.74 Å². The van der Waals surface area contributed by atoms with Crippen LogP contribution in [0.1, 0.15) is 0 Å². The minimum absolute atomic E-state index is 0.750. The molecule has 2 aromatic rings. The fourth-order valence-corrected chi connectivity index (χ4v) is 1.11. The summed E-state index contributed by atoms with van der Waals surface area (Å²) < 4.78 is 5.58. The molecule has 0 aliphatic rings. The highest BCUT2D eigenvalue weighted by Gasteiger charge is 1.92. The minimum Gasteiger partial charge on any atom is -0.457 e. The van der Waals surface area contributed by atoms with Gasteiger partial charge in [-0.3, -0.25) is 0 Å². The number of para-hydroxylation sites is 2. The lowest BCUT2D eigenvalue weighted by molar-refractivity contribution is 0.482. The van der Waals surface area contributed by atoms with Crippen molar-refractivity contribution in [2.75, 3.05) is 0 Å². The summed E-state index contributed by atoms with van der Waals surface area (Å²) in [7, 11) is 0. The van der Waals surface area contributed by atoms with Crippen LogP contribution in [0.25, 0.3) is 0 Å². The van der Waals surface area contributed by atoms with Crippen LogP contribution in [0.4, 0.5) is 0 Å². The largest absolute Gasteiger partial charge is 0.457 e. The zero-order valence-corrected chi connectivity index (χ0v) is 8.59. The summed E-state index contributed by atoms with van der Waals surface area (Å²) in [6.07, 6.45) is 0.750. The molecule has 0 aliphatic carbocycles. The Labute approximate surface area is 93.8 Å². The smallest absolute Gasteiger partial charge is 0.231 e. The van der Waals surface area contributed by atoms with E-state index in [1.165, 1.54) is 0 Å². The second-order valence-electron chi connectivity index (χ2n) is 2.83. The van der Waals surface area contributed by atoms with Gasteiger partial charge >= 0.3 is 0 Å². The number of hydrogen-bond donors (Lipinski definition) is 1. The Balaban J connectivity index is 0.000000386. The maximum Gasteiger partial charge on any atom is 0.231 e. The van der Waals surface area contributed by atoms with E-state index in [-0.39, 0.29) is 0 Å². The van der Waals surface area contributed by atoms with Crippen molar-refractivity contribution in [3.8, 4) is 11.5 Å². The highest BCUT2D eigenvalue weighted by Crippen LogP contribution is 2.19. The molecular formula is C13H11NO2. The maximum absolute atomic E-state index is 8.35. The molecule has 0 amide bonds. The van der Waals surface area contributed by atoms with E-state index >= 15 is 0 Å². The number of isocyanates is 1. The van der Waals surface area contributed by atoms with E-state index in [1.54, 1.807) is 0 Å². The predicted molar refractivity (Wildman–Crippen MR) is 61.4 cm³/mol. The first-order valence-corrected chi connectivity index (χ1v) is 4.68. The van der Waals surface area contributed by atoms with Crippen molar-refractivity contribution < 1.29 is 9.53 Å². The molecule has 16 heavy (non-hydrogen) atoms. The van der Waals surface area contributed by atoms with Gasteiger partial charge in [-0.15, -0.1) is 0 Å². The van der Waals surface area contributed by atoms with Gasteiger partial charge in [0.2, 0.25) is 6.08 Å². The van der Waals surface area contributed by atoms with Crippen LogP contribution in [0, 0.1) is 5.41 Å². The van der Waals surface area contributed by atoms with Crippen molar-refractivity contribution in [2.45, 2.75) is 0 Å². The van der Waals surface area contributed by atoms with Gasteiger partial charge in [0.25, 0.3) is 0 Å². The summed E-state index contributed by atoms with van der Waals surface area (Å²) in [4.78, 5) is 8.35. The number of nitrogens with one attached hydrogen (secondary N) is 1. The van der Waals surface area contributed by atoms with Crippen LogP contribution >= 0.6 is 0 Å². The van der Waals surface area contributed by atoms with E-state index in [9.17, 15) is 0 Å². The van der Waals surface area contributed by atoms with E-state index < -0.39 is 0 Å². The summed E-state index contributed by atoms with van der Waals surface area (Å²) in [5.74, 6) is 1.74. The normalized spacial score (nSPS) is 8.25. The number of rotatable bonds is 2. The van der Waals surface area contributed by atoms with E-state index in [2.05, 4.69) is 0 Å². The maximum atomic E-state index is 8.35. The second-order valence-corrected chi connectivity index (χ2v) is 2.83. The first-order valence-electron chi connectivity index (χ1n) is 4.68. The van der Waals surface area contributed by atoms with Gasteiger partial charge in [0.05, 0.1) is 0 Å². The van der Waals surface area contributed by atoms with Crippen LogP contribution in [0.3, 0.4) is 0 Å². The fourth-order valence-electron chi connectivity index (χ4n) is 1.11. The molecule has 0 saturated heterocycles. The van der Waals surface area contributed by atoms with Gasteiger partial charge in [-0.1, -0.05) is 36.4 Å². The van der Waals surface area contributed by atoms with Crippen molar-refractivity contribution in [2.24, 2.45) is 0 Å². The third-order valence-electron chi connectivity index (χ3n) is 1.72. The van der Waals surface area contributed by atoms with E-state index in [0.717, 1.165) is 17.6 Å². The Kier molecular flexibility index (Phi) is 5.10. The van der Waals surface area contributed by atoms with Gasteiger partial charge in [-0.05, 0) is 24.3 Å². The SMILES string of the molecule is N=C=O.c1ccc(Oc2ccccc2)cc1. The Bertz CT molecular complexity index is 397. The van der Waals surface area contributed by atoms with Crippen molar-refractivity contribution in [3.63, 3.8) is 0 Å². The lowest BCUT2D eigenvalue weighted by Crippen LogP contribution is -1.81. The van der Waals surface area contributed by atoms with Crippen molar-refractivity contribution >= 4 is 6.08 Å². The average molecular weight is 213 g/mol.